The molecule has 0 unspecified atom stereocenters. The van der Waals surface area contributed by atoms with E-state index < -0.39 is 0 Å². The highest BCUT2D eigenvalue weighted by molar-refractivity contribution is 9.10. The van der Waals surface area contributed by atoms with E-state index in [4.69, 9.17) is 0 Å². The number of rotatable bonds is 4. The van der Waals surface area contributed by atoms with Crippen LogP contribution < -0.4 is 5.32 Å². The molecule has 1 aromatic carbocycles. The number of benzene rings is 1. The van der Waals surface area contributed by atoms with Gasteiger partial charge in [-0.25, -0.2) is 4.39 Å². The van der Waals surface area contributed by atoms with Gasteiger partial charge in [-0.05, 0) is 46.0 Å². The minimum Gasteiger partial charge on any atom is -0.314 e. The first kappa shape index (κ1) is 16.2. The fraction of sp³-hybridized carbons (Fsp3) is 0.600. The van der Waals surface area contributed by atoms with Crippen LogP contribution in [0.3, 0.4) is 0 Å². The number of hydrogen-bond acceptors (Lipinski definition) is 2. The Morgan fingerprint density at radius 3 is 2.60 bits per heavy atom. The van der Waals surface area contributed by atoms with Crippen molar-refractivity contribution in [1.29, 1.82) is 0 Å². The number of nitrogens with zero attached hydrogens (tertiary/aromatic N) is 1. The van der Waals surface area contributed by atoms with Gasteiger partial charge in [-0.15, -0.1) is 12.4 Å². The van der Waals surface area contributed by atoms with E-state index >= 15 is 0 Å². The molecule has 5 heteroatoms. The summed E-state index contributed by atoms with van der Waals surface area (Å²) in [4.78, 5) is 2.51. The third kappa shape index (κ3) is 3.94. The molecule has 112 valence electrons. The zero-order chi connectivity index (χ0) is 13.2. The summed E-state index contributed by atoms with van der Waals surface area (Å²) in [6.45, 7) is 4.21. The van der Waals surface area contributed by atoms with E-state index in [1.165, 1.54) is 19.3 Å². The molecular weight excluding hydrogens is 343 g/mol. The van der Waals surface area contributed by atoms with Gasteiger partial charge in [-0.2, -0.15) is 0 Å². The Labute approximate surface area is 134 Å². The van der Waals surface area contributed by atoms with Gasteiger partial charge < -0.3 is 5.32 Å². The van der Waals surface area contributed by atoms with Crippen LogP contribution in [0, 0.1) is 11.7 Å². The van der Waals surface area contributed by atoms with E-state index in [0.29, 0.717) is 10.5 Å². The SMILES string of the molecule is Cl.Fc1cc([C@H](CC2CC2)N2CCNCC2)ccc1Br. The van der Waals surface area contributed by atoms with Crippen LogP contribution >= 0.6 is 28.3 Å². The van der Waals surface area contributed by atoms with Crippen LogP contribution in [0.25, 0.3) is 0 Å². The zero-order valence-electron chi connectivity index (χ0n) is 11.4. The molecule has 1 saturated carbocycles. The van der Waals surface area contributed by atoms with E-state index in [0.717, 1.165) is 37.7 Å². The first-order chi connectivity index (χ1) is 9.24. The van der Waals surface area contributed by atoms with Crippen molar-refractivity contribution in [2.24, 2.45) is 5.92 Å². The molecule has 1 heterocycles. The van der Waals surface area contributed by atoms with Gasteiger partial charge in [0.05, 0.1) is 4.47 Å². The lowest BCUT2D eigenvalue weighted by Gasteiger charge is -2.35. The maximum atomic E-state index is 13.8. The Morgan fingerprint density at radius 2 is 2.00 bits per heavy atom. The molecule has 1 aliphatic carbocycles. The van der Waals surface area contributed by atoms with Gasteiger partial charge in [0, 0.05) is 32.2 Å². The number of hydrogen-bond donors (Lipinski definition) is 1. The normalized spacial score (nSPS) is 21.3. The lowest BCUT2D eigenvalue weighted by atomic mass is 9.98. The van der Waals surface area contributed by atoms with E-state index in [1.54, 1.807) is 6.07 Å². The van der Waals surface area contributed by atoms with Gasteiger partial charge in [0.15, 0.2) is 0 Å². The van der Waals surface area contributed by atoms with Gasteiger partial charge in [-0.3, -0.25) is 4.90 Å². The Balaban J connectivity index is 0.00000147. The fourth-order valence-electron chi connectivity index (χ4n) is 2.88. The van der Waals surface area contributed by atoms with Crippen LogP contribution in [0.15, 0.2) is 22.7 Å². The summed E-state index contributed by atoms with van der Waals surface area (Å²) in [5, 5.41) is 3.39. The van der Waals surface area contributed by atoms with Crippen molar-refractivity contribution in [3.8, 4) is 0 Å². The average Bonchev–Trinajstić information content (AvgIpc) is 3.24. The summed E-state index contributed by atoms with van der Waals surface area (Å²) >= 11 is 3.24. The Kier molecular flexibility index (Phi) is 5.84. The molecule has 1 atom stereocenters. The molecule has 0 amide bonds. The maximum absolute atomic E-state index is 13.8. The Morgan fingerprint density at radius 1 is 1.30 bits per heavy atom. The molecule has 1 saturated heterocycles. The highest BCUT2D eigenvalue weighted by Gasteiger charge is 2.30. The largest absolute Gasteiger partial charge is 0.314 e. The summed E-state index contributed by atoms with van der Waals surface area (Å²) < 4.78 is 14.3. The molecule has 1 N–H and O–H groups in total. The molecule has 0 spiro atoms. The first-order valence-corrected chi connectivity index (χ1v) is 7.93. The van der Waals surface area contributed by atoms with Crippen LogP contribution in [0.1, 0.15) is 30.9 Å². The monoisotopic (exact) mass is 362 g/mol. The Bertz CT molecular complexity index is 447. The van der Waals surface area contributed by atoms with Crippen LogP contribution in [-0.2, 0) is 0 Å². The molecule has 0 aromatic heterocycles. The maximum Gasteiger partial charge on any atom is 0.137 e. The molecule has 1 aliphatic heterocycles. The van der Waals surface area contributed by atoms with E-state index in [-0.39, 0.29) is 18.2 Å². The van der Waals surface area contributed by atoms with Crippen LogP contribution in [0.2, 0.25) is 0 Å². The number of halogens is 3. The summed E-state index contributed by atoms with van der Waals surface area (Å²) in [5.41, 5.74) is 1.13. The van der Waals surface area contributed by atoms with E-state index in [1.807, 2.05) is 6.07 Å². The predicted molar refractivity (Wildman–Crippen MR) is 85.9 cm³/mol. The quantitative estimate of drug-likeness (QED) is 0.876. The Hall–Kier alpha value is -0.160. The van der Waals surface area contributed by atoms with Gasteiger partial charge in [-0.1, -0.05) is 18.9 Å². The average molecular weight is 364 g/mol. The minimum absolute atomic E-state index is 0. The topological polar surface area (TPSA) is 15.3 Å². The van der Waals surface area contributed by atoms with Crippen molar-refractivity contribution in [3.05, 3.63) is 34.1 Å². The van der Waals surface area contributed by atoms with Gasteiger partial charge in [0.25, 0.3) is 0 Å². The lowest BCUT2D eigenvalue weighted by Crippen LogP contribution is -2.45. The third-order valence-electron chi connectivity index (χ3n) is 4.17. The summed E-state index contributed by atoms with van der Waals surface area (Å²) in [5.74, 6) is 0.708. The first-order valence-electron chi connectivity index (χ1n) is 7.14. The van der Waals surface area contributed by atoms with Crippen molar-refractivity contribution in [2.75, 3.05) is 26.2 Å². The molecular formula is C15H21BrClFN2. The highest BCUT2D eigenvalue weighted by Crippen LogP contribution is 2.40. The summed E-state index contributed by atoms with van der Waals surface area (Å²) in [6, 6.07) is 6.01. The van der Waals surface area contributed by atoms with Crippen molar-refractivity contribution in [1.82, 2.24) is 10.2 Å². The molecule has 1 aromatic rings. The molecule has 0 bridgehead atoms. The van der Waals surface area contributed by atoms with Crippen molar-refractivity contribution < 1.29 is 4.39 Å². The summed E-state index contributed by atoms with van der Waals surface area (Å²) in [6.07, 6.45) is 3.88. The number of piperazine rings is 1. The smallest absolute Gasteiger partial charge is 0.137 e. The molecule has 2 nitrogen and oxygen atoms in total. The number of nitrogens with one attached hydrogen (secondary N) is 1. The van der Waals surface area contributed by atoms with E-state index in [9.17, 15) is 4.39 Å². The molecule has 0 radical (unpaired) electrons. The summed E-state index contributed by atoms with van der Waals surface area (Å²) in [7, 11) is 0. The minimum atomic E-state index is -0.145. The molecule has 2 aliphatic rings. The lowest BCUT2D eigenvalue weighted by molar-refractivity contribution is 0.160. The second-order valence-corrected chi connectivity index (χ2v) is 6.51. The van der Waals surface area contributed by atoms with Gasteiger partial charge >= 0.3 is 0 Å². The van der Waals surface area contributed by atoms with Crippen molar-refractivity contribution in [3.63, 3.8) is 0 Å². The van der Waals surface area contributed by atoms with Crippen LogP contribution in [0.5, 0.6) is 0 Å². The standard InChI is InChI=1S/C15H20BrFN2.ClH/c16-13-4-3-12(10-14(13)17)15(9-11-1-2-11)19-7-5-18-6-8-19;/h3-4,10-11,15,18H,1-2,5-9H2;1H/t15-;/m0./s1. The fourth-order valence-corrected chi connectivity index (χ4v) is 3.13. The van der Waals surface area contributed by atoms with Crippen molar-refractivity contribution in [2.45, 2.75) is 25.3 Å². The molecule has 3 rings (SSSR count). The molecule has 2 fully saturated rings. The van der Waals surface area contributed by atoms with E-state index in [2.05, 4.69) is 32.2 Å². The van der Waals surface area contributed by atoms with Gasteiger partial charge in [0.2, 0.25) is 0 Å². The predicted octanol–water partition coefficient (Wildman–Crippen LogP) is 3.76. The zero-order valence-corrected chi connectivity index (χ0v) is 13.9. The van der Waals surface area contributed by atoms with Crippen molar-refractivity contribution >= 4 is 28.3 Å². The van der Waals surface area contributed by atoms with Gasteiger partial charge in [0.1, 0.15) is 5.82 Å². The second kappa shape index (κ2) is 7.21. The third-order valence-corrected chi connectivity index (χ3v) is 4.82. The molecule has 20 heavy (non-hydrogen) atoms. The van der Waals surface area contributed by atoms with Crippen LogP contribution in [0.4, 0.5) is 4.39 Å². The second-order valence-electron chi connectivity index (χ2n) is 5.65. The van der Waals surface area contributed by atoms with Crippen LogP contribution in [-0.4, -0.2) is 31.1 Å². The highest BCUT2D eigenvalue weighted by atomic mass is 79.9.